The lowest BCUT2D eigenvalue weighted by Gasteiger charge is -2.33. The van der Waals surface area contributed by atoms with E-state index in [1.165, 1.54) is 6.07 Å². The lowest BCUT2D eigenvalue weighted by Crippen LogP contribution is -2.57. The number of benzene rings is 1. The number of aliphatic carboxylic acids is 1. The van der Waals surface area contributed by atoms with Crippen molar-refractivity contribution in [1.29, 1.82) is 0 Å². The van der Waals surface area contributed by atoms with Gasteiger partial charge in [0.2, 0.25) is 0 Å². The van der Waals surface area contributed by atoms with E-state index < -0.39 is 34.5 Å². The minimum Gasteiger partial charge on any atom is -0.507 e. The number of halogens is 1. The second-order valence-corrected chi connectivity index (χ2v) is 4.59. The van der Waals surface area contributed by atoms with E-state index in [0.717, 1.165) is 12.1 Å². The van der Waals surface area contributed by atoms with Crippen molar-refractivity contribution in [3.05, 3.63) is 29.6 Å². The van der Waals surface area contributed by atoms with Crippen LogP contribution in [0.2, 0.25) is 0 Å². The van der Waals surface area contributed by atoms with Crippen molar-refractivity contribution in [2.24, 2.45) is 0 Å². The molecule has 1 aromatic rings. The first-order chi connectivity index (χ1) is 9.46. The molecule has 0 aromatic heterocycles. The van der Waals surface area contributed by atoms with Gasteiger partial charge in [0.05, 0.1) is 0 Å². The van der Waals surface area contributed by atoms with Gasteiger partial charge in [-0.15, -0.1) is 0 Å². The third-order valence-electron chi connectivity index (χ3n) is 3.33. The van der Waals surface area contributed by atoms with Gasteiger partial charge in [-0.25, -0.2) is 9.18 Å². The lowest BCUT2D eigenvalue weighted by atomic mass is 9.89. The van der Waals surface area contributed by atoms with Crippen molar-refractivity contribution in [2.45, 2.75) is 18.4 Å². The van der Waals surface area contributed by atoms with Crippen LogP contribution in [0.3, 0.4) is 0 Å². The summed E-state index contributed by atoms with van der Waals surface area (Å²) in [5, 5.41) is 21.1. The molecular formula is C13H14FNO5. The van der Waals surface area contributed by atoms with Gasteiger partial charge in [0.1, 0.15) is 22.7 Å². The monoisotopic (exact) mass is 283 g/mol. The molecule has 0 aliphatic carbocycles. The highest BCUT2D eigenvalue weighted by atomic mass is 19.1. The molecule has 1 aromatic carbocycles. The molecule has 1 heterocycles. The van der Waals surface area contributed by atoms with E-state index in [-0.39, 0.29) is 26.1 Å². The summed E-state index contributed by atoms with van der Waals surface area (Å²) in [6.45, 7) is 0.381. The predicted octanol–water partition coefficient (Wildman–Crippen LogP) is 0.895. The van der Waals surface area contributed by atoms with Crippen LogP contribution in [0.25, 0.3) is 0 Å². The van der Waals surface area contributed by atoms with E-state index in [4.69, 9.17) is 4.74 Å². The average Bonchev–Trinajstić information content (AvgIpc) is 2.39. The summed E-state index contributed by atoms with van der Waals surface area (Å²) in [6.07, 6.45) is 0.173. The topological polar surface area (TPSA) is 95.9 Å². The van der Waals surface area contributed by atoms with Gasteiger partial charge in [-0.3, -0.25) is 4.79 Å². The molecule has 0 saturated carbocycles. The molecule has 108 valence electrons. The average molecular weight is 283 g/mol. The fourth-order valence-corrected chi connectivity index (χ4v) is 2.13. The molecule has 1 aliphatic rings. The Morgan fingerprint density at radius 3 is 2.50 bits per heavy atom. The number of nitrogens with one attached hydrogen (secondary N) is 1. The third-order valence-corrected chi connectivity index (χ3v) is 3.33. The number of hydrogen-bond donors (Lipinski definition) is 3. The molecule has 0 atom stereocenters. The van der Waals surface area contributed by atoms with Crippen molar-refractivity contribution in [2.75, 3.05) is 13.2 Å². The first-order valence-electron chi connectivity index (χ1n) is 6.07. The van der Waals surface area contributed by atoms with E-state index in [1.807, 2.05) is 0 Å². The summed E-state index contributed by atoms with van der Waals surface area (Å²) in [4.78, 5) is 23.4. The largest absolute Gasteiger partial charge is 0.507 e. The highest BCUT2D eigenvalue weighted by Gasteiger charge is 2.42. The van der Waals surface area contributed by atoms with Crippen LogP contribution in [0.1, 0.15) is 23.2 Å². The van der Waals surface area contributed by atoms with Gasteiger partial charge in [-0.05, 0) is 12.1 Å². The summed E-state index contributed by atoms with van der Waals surface area (Å²) in [7, 11) is 0. The SMILES string of the molecule is O=C(NC1(C(=O)O)CCOCC1)c1c(O)cccc1F. The van der Waals surface area contributed by atoms with E-state index >= 15 is 0 Å². The Labute approximate surface area is 114 Å². The molecule has 1 saturated heterocycles. The predicted molar refractivity (Wildman–Crippen MR) is 66.0 cm³/mol. The number of amides is 1. The zero-order chi connectivity index (χ0) is 14.8. The second kappa shape index (κ2) is 5.46. The first kappa shape index (κ1) is 14.3. The molecule has 6 nitrogen and oxygen atoms in total. The maximum Gasteiger partial charge on any atom is 0.329 e. The number of carbonyl (C=O) groups is 2. The minimum absolute atomic E-state index is 0.0866. The molecule has 1 amide bonds. The zero-order valence-electron chi connectivity index (χ0n) is 10.6. The van der Waals surface area contributed by atoms with Gasteiger partial charge in [0.15, 0.2) is 0 Å². The minimum atomic E-state index is -1.50. The summed E-state index contributed by atoms with van der Waals surface area (Å²) >= 11 is 0. The van der Waals surface area contributed by atoms with Crippen molar-refractivity contribution >= 4 is 11.9 Å². The number of phenolic OH excluding ortho intramolecular Hbond substituents is 1. The first-order valence-corrected chi connectivity index (χ1v) is 6.07. The van der Waals surface area contributed by atoms with Gasteiger partial charge < -0.3 is 20.3 Å². The van der Waals surface area contributed by atoms with E-state index in [2.05, 4.69) is 5.32 Å². The molecule has 20 heavy (non-hydrogen) atoms. The number of rotatable bonds is 3. The highest BCUT2D eigenvalue weighted by Crippen LogP contribution is 2.25. The Bertz CT molecular complexity index is 519. The fourth-order valence-electron chi connectivity index (χ4n) is 2.13. The standard InChI is InChI=1S/C13H14FNO5/c14-8-2-1-3-9(16)10(8)11(17)15-13(12(18)19)4-6-20-7-5-13/h1-3,16H,4-7H2,(H,15,17)(H,18,19). The Morgan fingerprint density at radius 2 is 1.95 bits per heavy atom. The molecule has 0 bridgehead atoms. The summed E-state index contributed by atoms with van der Waals surface area (Å²) < 4.78 is 18.7. The number of aromatic hydroxyl groups is 1. The van der Waals surface area contributed by atoms with Crippen molar-refractivity contribution in [3.8, 4) is 5.75 Å². The fraction of sp³-hybridized carbons (Fsp3) is 0.385. The second-order valence-electron chi connectivity index (χ2n) is 4.59. The van der Waals surface area contributed by atoms with E-state index in [9.17, 15) is 24.2 Å². The molecule has 3 N–H and O–H groups in total. The van der Waals surface area contributed by atoms with Gasteiger partial charge in [0.25, 0.3) is 5.91 Å². The maximum absolute atomic E-state index is 13.6. The van der Waals surface area contributed by atoms with Crippen LogP contribution in [0.4, 0.5) is 4.39 Å². The Kier molecular flexibility index (Phi) is 3.89. The molecule has 0 unspecified atom stereocenters. The van der Waals surface area contributed by atoms with Crippen LogP contribution in [0.5, 0.6) is 5.75 Å². The Morgan fingerprint density at radius 1 is 1.30 bits per heavy atom. The molecular weight excluding hydrogens is 269 g/mol. The van der Waals surface area contributed by atoms with Gasteiger partial charge in [0, 0.05) is 26.1 Å². The maximum atomic E-state index is 13.6. The van der Waals surface area contributed by atoms with Crippen LogP contribution in [0, 0.1) is 5.82 Å². The van der Waals surface area contributed by atoms with Gasteiger partial charge >= 0.3 is 5.97 Å². The number of phenols is 1. The third kappa shape index (κ3) is 2.57. The molecule has 0 radical (unpaired) electrons. The number of carbonyl (C=O) groups excluding carboxylic acids is 1. The van der Waals surface area contributed by atoms with Crippen LogP contribution in [0.15, 0.2) is 18.2 Å². The number of carboxylic acid groups (broad SMARTS) is 1. The smallest absolute Gasteiger partial charge is 0.329 e. The lowest BCUT2D eigenvalue weighted by molar-refractivity contribution is -0.148. The number of carboxylic acids is 1. The van der Waals surface area contributed by atoms with Crippen LogP contribution in [-0.2, 0) is 9.53 Å². The van der Waals surface area contributed by atoms with Crippen LogP contribution in [-0.4, -0.2) is 40.8 Å². The normalized spacial score (nSPS) is 17.4. The van der Waals surface area contributed by atoms with E-state index in [1.54, 1.807) is 0 Å². The van der Waals surface area contributed by atoms with Gasteiger partial charge in [-0.1, -0.05) is 6.07 Å². The summed E-state index contributed by atoms with van der Waals surface area (Å²) in [5.74, 6) is -3.60. The zero-order valence-corrected chi connectivity index (χ0v) is 10.6. The summed E-state index contributed by atoms with van der Waals surface area (Å²) in [5.41, 5.74) is -2.05. The van der Waals surface area contributed by atoms with Gasteiger partial charge in [-0.2, -0.15) is 0 Å². The van der Waals surface area contributed by atoms with Crippen molar-refractivity contribution < 1.29 is 28.9 Å². The van der Waals surface area contributed by atoms with Crippen molar-refractivity contribution in [1.82, 2.24) is 5.32 Å². The summed E-state index contributed by atoms with van der Waals surface area (Å²) in [6, 6.07) is 3.43. The highest BCUT2D eigenvalue weighted by molar-refractivity contribution is 6.00. The van der Waals surface area contributed by atoms with Crippen LogP contribution >= 0.6 is 0 Å². The molecule has 1 fully saturated rings. The quantitative estimate of drug-likeness (QED) is 0.765. The number of ether oxygens (including phenoxy) is 1. The molecule has 7 heteroatoms. The molecule has 2 rings (SSSR count). The Hall–Kier alpha value is -2.15. The molecule has 1 aliphatic heterocycles. The number of hydrogen-bond acceptors (Lipinski definition) is 4. The van der Waals surface area contributed by atoms with Crippen LogP contribution < -0.4 is 5.32 Å². The molecule has 0 spiro atoms. The Balaban J connectivity index is 2.27. The van der Waals surface area contributed by atoms with Crippen molar-refractivity contribution in [3.63, 3.8) is 0 Å². The van der Waals surface area contributed by atoms with E-state index in [0.29, 0.717) is 0 Å².